The Hall–Kier alpha value is -4.67. The molecule has 42 heavy (non-hydrogen) atoms. The van der Waals surface area contributed by atoms with Crippen molar-refractivity contribution in [2.75, 3.05) is 48.2 Å². The van der Waals surface area contributed by atoms with Crippen LogP contribution in [-0.2, 0) is 0 Å². The van der Waals surface area contributed by atoms with Gasteiger partial charge in [0.05, 0.1) is 58.9 Å². The molecule has 1 saturated heterocycles. The zero-order chi connectivity index (χ0) is 29.6. The number of hydrogen-bond donors (Lipinski definition) is 0. The number of rotatable bonds is 12. The lowest BCUT2D eigenvalue weighted by molar-refractivity contribution is 0.0774. The number of carbonyl (C=O) groups is 1. The van der Waals surface area contributed by atoms with Gasteiger partial charge in [-0.05, 0) is 31.0 Å². The molecule has 1 amide bonds. The van der Waals surface area contributed by atoms with E-state index in [4.69, 9.17) is 33.2 Å². The van der Waals surface area contributed by atoms with Crippen LogP contribution in [0.4, 0.5) is 10.1 Å². The number of fused-ring (bicyclic) bond motifs is 2. The monoisotopic (exact) mass is 580 g/mol. The SMILES string of the molecule is COc1cc2c(cc1OCCCOc1ccc(F)c(Oc3cc(OC)c(OC)c(OC)c3)c1)N=C[C@@H]1CCCN1C2=O. The van der Waals surface area contributed by atoms with Crippen LogP contribution in [0.2, 0.25) is 0 Å². The topological polar surface area (TPSA) is 97.3 Å². The van der Waals surface area contributed by atoms with Gasteiger partial charge >= 0.3 is 0 Å². The van der Waals surface area contributed by atoms with Crippen molar-refractivity contribution in [2.45, 2.75) is 25.3 Å². The molecule has 0 unspecified atom stereocenters. The van der Waals surface area contributed by atoms with Crippen LogP contribution in [0.25, 0.3) is 0 Å². The van der Waals surface area contributed by atoms with Crippen LogP contribution in [0, 0.1) is 5.82 Å². The minimum Gasteiger partial charge on any atom is -0.493 e. The number of nitrogens with zero attached hydrogens (tertiary/aromatic N) is 2. The second kappa shape index (κ2) is 12.9. The summed E-state index contributed by atoms with van der Waals surface area (Å²) in [6, 6.07) is 10.9. The minimum absolute atomic E-state index is 0.0247. The molecular weight excluding hydrogens is 547 g/mol. The van der Waals surface area contributed by atoms with Crippen LogP contribution in [0.1, 0.15) is 29.6 Å². The highest BCUT2D eigenvalue weighted by Gasteiger charge is 2.32. The summed E-state index contributed by atoms with van der Waals surface area (Å²) in [5, 5.41) is 0. The van der Waals surface area contributed by atoms with E-state index in [0.717, 1.165) is 19.4 Å². The number of halogens is 1. The molecule has 0 spiro atoms. The van der Waals surface area contributed by atoms with E-state index in [1.54, 1.807) is 24.3 Å². The third-order valence-corrected chi connectivity index (χ3v) is 7.04. The first-order valence-corrected chi connectivity index (χ1v) is 13.6. The van der Waals surface area contributed by atoms with Crippen molar-refractivity contribution in [1.29, 1.82) is 0 Å². The molecule has 0 aromatic heterocycles. The Labute approximate surface area is 243 Å². The van der Waals surface area contributed by atoms with Crippen LogP contribution in [0.5, 0.6) is 46.0 Å². The first-order valence-electron chi connectivity index (χ1n) is 13.6. The van der Waals surface area contributed by atoms with Crippen LogP contribution in [0.3, 0.4) is 0 Å². The molecule has 2 aliphatic heterocycles. The first kappa shape index (κ1) is 28.8. The van der Waals surface area contributed by atoms with Crippen LogP contribution >= 0.6 is 0 Å². The molecule has 0 saturated carbocycles. The normalized spacial score (nSPS) is 15.4. The third kappa shape index (κ3) is 6.00. The predicted octanol–water partition coefficient (Wildman–Crippen LogP) is 5.82. The van der Waals surface area contributed by atoms with Crippen molar-refractivity contribution < 1.29 is 42.3 Å². The molecule has 5 rings (SSSR count). The van der Waals surface area contributed by atoms with Gasteiger partial charge in [-0.25, -0.2) is 4.39 Å². The molecule has 0 radical (unpaired) electrons. The van der Waals surface area contributed by atoms with Crippen molar-refractivity contribution >= 4 is 17.8 Å². The second-order valence-electron chi connectivity index (χ2n) is 9.61. The minimum atomic E-state index is -0.559. The Morgan fingerprint density at radius 2 is 1.55 bits per heavy atom. The molecular formula is C31H33FN2O8. The lowest BCUT2D eigenvalue weighted by Crippen LogP contribution is -2.35. The molecule has 10 nitrogen and oxygen atoms in total. The number of aliphatic imine (C=N–C) groups is 1. The Morgan fingerprint density at radius 3 is 2.26 bits per heavy atom. The van der Waals surface area contributed by atoms with Crippen molar-refractivity contribution in [2.24, 2.45) is 4.99 Å². The van der Waals surface area contributed by atoms with Gasteiger partial charge in [-0.3, -0.25) is 9.79 Å². The number of carbonyl (C=O) groups excluding carboxylic acids is 1. The van der Waals surface area contributed by atoms with Crippen molar-refractivity contribution in [3.05, 3.63) is 53.8 Å². The number of amides is 1. The fraction of sp³-hybridized carbons (Fsp3) is 0.355. The van der Waals surface area contributed by atoms with E-state index >= 15 is 0 Å². The zero-order valence-electron chi connectivity index (χ0n) is 24.0. The van der Waals surface area contributed by atoms with Gasteiger partial charge in [0, 0.05) is 43.4 Å². The van der Waals surface area contributed by atoms with E-state index in [9.17, 15) is 9.18 Å². The van der Waals surface area contributed by atoms with Crippen molar-refractivity contribution in [3.63, 3.8) is 0 Å². The van der Waals surface area contributed by atoms with Crippen LogP contribution in [0.15, 0.2) is 47.5 Å². The Morgan fingerprint density at radius 1 is 0.833 bits per heavy atom. The average molecular weight is 581 g/mol. The summed E-state index contributed by atoms with van der Waals surface area (Å²) in [6.07, 6.45) is 4.25. The van der Waals surface area contributed by atoms with Crippen LogP contribution in [-0.4, -0.2) is 71.3 Å². The van der Waals surface area contributed by atoms with Gasteiger partial charge in [-0.2, -0.15) is 0 Å². The van der Waals surface area contributed by atoms with Gasteiger partial charge in [0.1, 0.15) is 11.5 Å². The summed E-state index contributed by atoms with van der Waals surface area (Å²) in [7, 11) is 6.00. The molecule has 1 atom stereocenters. The molecule has 2 heterocycles. The summed E-state index contributed by atoms with van der Waals surface area (Å²) in [6.45, 7) is 1.34. The van der Waals surface area contributed by atoms with Crippen molar-refractivity contribution in [3.8, 4) is 46.0 Å². The maximum Gasteiger partial charge on any atom is 0.256 e. The number of ether oxygens (including phenoxy) is 7. The van der Waals surface area contributed by atoms with Gasteiger partial charge in [0.25, 0.3) is 5.91 Å². The average Bonchev–Trinajstić information content (AvgIpc) is 3.44. The first-order chi connectivity index (χ1) is 20.4. The van der Waals surface area contributed by atoms with Gasteiger partial charge < -0.3 is 38.1 Å². The third-order valence-electron chi connectivity index (χ3n) is 7.04. The highest BCUT2D eigenvalue weighted by molar-refractivity contribution is 6.03. The number of methoxy groups -OCH3 is 4. The Balaban J connectivity index is 1.19. The molecule has 11 heteroatoms. The lowest BCUT2D eigenvalue weighted by Gasteiger charge is -2.20. The van der Waals surface area contributed by atoms with Gasteiger partial charge in [-0.15, -0.1) is 0 Å². The predicted molar refractivity (Wildman–Crippen MR) is 153 cm³/mol. The molecule has 1 fully saturated rings. The molecule has 2 aliphatic rings. The number of benzene rings is 3. The fourth-order valence-corrected chi connectivity index (χ4v) is 4.95. The van der Waals surface area contributed by atoms with E-state index < -0.39 is 5.82 Å². The van der Waals surface area contributed by atoms with E-state index in [0.29, 0.717) is 71.1 Å². The van der Waals surface area contributed by atoms with Crippen molar-refractivity contribution in [1.82, 2.24) is 4.90 Å². The van der Waals surface area contributed by atoms with Gasteiger partial charge in [-0.1, -0.05) is 0 Å². The summed E-state index contributed by atoms with van der Waals surface area (Å²) in [4.78, 5) is 19.5. The Kier molecular flexibility index (Phi) is 8.85. The quantitative estimate of drug-likeness (QED) is 0.247. The molecule has 222 valence electrons. The lowest BCUT2D eigenvalue weighted by atomic mass is 10.1. The Bertz CT molecular complexity index is 1450. The van der Waals surface area contributed by atoms with Gasteiger partial charge in [0.15, 0.2) is 34.6 Å². The summed E-state index contributed by atoms with van der Waals surface area (Å²) in [5.74, 6) is 2.21. The fourth-order valence-electron chi connectivity index (χ4n) is 4.95. The van der Waals surface area contributed by atoms with E-state index in [1.165, 1.54) is 46.6 Å². The molecule has 0 aliphatic carbocycles. The van der Waals surface area contributed by atoms with E-state index in [-0.39, 0.29) is 17.7 Å². The van der Waals surface area contributed by atoms with E-state index in [1.807, 2.05) is 11.1 Å². The van der Waals surface area contributed by atoms with Crippen LogP contribution < -0.4 is 33.2 Å². The summed E-state index contributed by atoms with van der Waals surface area (Å²) < 4.78 is 53.6. The molecule has 0 bridgehead atoms. The standard InChI is InChI=1S/C31H33FN2O8/c1-36-26-16-22-24(33-18-19-7-5-10-34(19)31(22)35)17-27(26)41-12-6-11-40-20-8-9-23(32)25(13-20)42-21-14-28(37-2)30(39-4)29(15-21)38-3/h8-9,13-19H,5-7,10-12H2,1-4H3/t19-/m0/s1. The molecule has 0 N–H and O–H groups in total. The highest BCUT2D eigenvalue weighted by atomic mass is 19.1. The maximum atomic E-state index is 14.6. The summed E-state index contributed by atoms with van der Waals surface area (Å²) in [5.41, 5.74) is 1.07. The number of hydrogen-bond acceptors (Lipinski definition) is 9. The van der Waals surface area contributed by atoms with E-state index in [2.05, 4.69) is 4.99 Å². The largest absolute Gasteiger partial charge is 0.493 e. The maximum absolute atomic E-state index is 14.6. The smallest absolute Gasteiger partial charge is 0.256 e. The molecule has 3 aromatic carbocycles. The second-order valence-corrected chi connectivity index (χ2v) is 9.61. The zero-order valence-corrected chi connectivity index (χ0v) is 24.0. The molecule has 3 aromatic rings. The highest BCUT2D eigenvalue weighted by Crippen LogP contribution is 2.42. The van der Waals surface area contributed by atoms with Gasteiger partial charge in [0.2, 0.25) is 5.75 Å². The summed E-state index contributed by atoms with van der Waals surface area (Å²) >= 11 is 0.